The molecule has 1 aromatic heterocycles. The molecule has 2 heteroatoms. The van der Waals surface area contributed by atoms with E-state index >= 15 is 0 Å². The summed E-state index contributed by atoms with van der Waals surface area (Å²) in [7, 11) is 0. The van der Waals surface area contributed by atoms with Crippen LogP contribution in [0.2, 0.25) is 0 Å². The monoisotopic (exact) mass is 143 g/mol. The first kappa shape index (κ1) is 5.24. The second kappa shape index (κ2) is 1.59. The van der Waals surface area contributed by atoms with Crippen LogP contribution in [-0.4, -0.2) is 6.21 Å². The molecule has 3 rings (SSSR count). The molecular formula is C9H7N2+. The molecule has 1 unspecified atom stereocenters. The summed E-state index contributed by atoms with van der Waals surface area (Å²) in [4.78, 5) is 4.33. The smallest absolute Gasteiger partial charge is 0.214 e. The van der Waals surface area contributed by atoms with Gasteiger partial charge in [0.25, 0.3) is 6.17 Å². The second-order valence-electron chi connectivity index (χ2n) is 2.80. The lowest BCUT2D eigenvalue weighted by Gasteiger charge is -1.94. The third kappa shape index (κ3) is 0.522. The predicted octanol–water partition coefficient (Wildman–Crippen LogP) is 0.932. The molecule has 0 saturated heterocycles. The van der Waals surface area contributed by atoms with Gasteiger partial charge in [-0.15, -0.1) is 0 Å². The quantitative estimate of drug-likeness (QED) is 0.480. The van der Waals surface area contributed by atoms with E-state index in [0.29, 0.717) is 0 Å². The molecule has 1 aromatic rings. The SMILES string of the molecule is C1=CC2N=Cc3cccc1[n+]32. The summed E-state index contributed by atoms with van der Waals surface area (Å²) in [5, 5.41) is 0. The first-order valence-electron chi connectivity index (χ1n) is 3.71. The molecule has 0 N–H and O–H groups in total. The van der Waals surface area contributed by atoms with Gasteiger partial charge in [0.15, 0.2) is 0 Å². The Kier molecular flexibility index (Phi) is 0.756. The molecule has 11 heavy (non-hydrogen) atoms. The Balaban J connectivity index is 2.43. The van der Waals surface area contributed by atoms with E-state index < -0.39 is 0 Å². The molecule has 0 aromatic carbocycles. The van der Waals surface area contributed by atoms with E-state index in [9.17, 15) is 0 Å². The Bertz CT molecular complexity index is 345. The number of pyridine rings is 1. The topological polar surface area (TPSA) is 16.2 Å². The Hall–Kier alpha value is -1.44. The summed E-state index contributed by atoms with van der Waals surface area (Å²) in [5.74, 6) is 0. The fourth-order valence-electron chi connectivity index (χ4n) is 1.64. The van der Waals surface area contributed by atoms with E-state index in [4.69, 9.17) is 0 Å². The summed E-state index contributed by atoms with van der Waals surface area (Å²) in [6, 6.07) is 6.25. The normalized spacial score (nSPS) is 22.7. The van der Waals surface area contributed by atoms with Gasteiger partial charge < -0.3 is 0 Å². The zero-order chi connectivity index (χ0) is 7.26. The molecular weight excluding hydrogens is 136 g/mol. The zero-order valence-corrected chi connectivity index (χ0v) is 5.94. The molecule has 0 fully saturated rings. The van der Waals surface area contributed by atoms with Crippen LogP contribution in [0.3, 0.4) is 0 Å². The van der Waals surface area contributed by atoms with Crippen molar-refractivity contribution in [3.05, 3.63) is 35.7 Å². The summed E-state index contributed by atoms with van der Waals surface area (Å²) in [5.41, 5.74) is 2.46. The summed E-state index contributed by atoms with van der Waals surface area (Å²) < 4.78 is 2.22. The van der Waals surface area contributed by atoms with Crippen molar-refractivity contribution < 1.29 is 4.57 Å². The summed E-state index contributed by atoms with van der Waals surface area (Å²) >= 11 is 0. The van der Waals surface area contributed by atoms with Crippen LogP contribution in [0.1, 0.15) is 17.6 Å². The zero-order valence-electron chi connectivity index (χ0n) is 5.94. The number of hydrogen-bond donors (Lipinski definition) is 0. The van der Waals surface area contributed by atoms with Gasteiger partial charge in [-0.2, -0.15) is 4.57 Å². The van der Waals surface area contributed by atoms with Crippen molar-refractivity contribution in [2.45, 2.75) is 6.17 Å². The minimum atomic E-state index is 0.251. The molecule has 2 aliphatic heterocycles. The molecule has 52 valence electrons. The highest BCUT2D eigenvalue weighted by molar-refractivity contribution is 5.77. The maximum Gasteiger partial charge on any atom is 0.272 e. The predicted molar refractivity (Wildman–Crippen MR) is 42.3 cm³/mol. The second-order valence-corrected chi connectivity index (χ2v) is 2.80. The highest BCUT2D eigenvalue weighted by Gasteiger charge is 2.30. The first-order valence-corrected chi connectivity index (χ1v) is 3.71. The Morgan fingerprint density at radius 1 is 1.27 bits per heavy atom. The molecule has 0 radical (unpaired) electrons. The molecule has 0 saturated carbocycles. The van der Waals surface area contributed by atoms with Gasteiger partial charge in [0.1, 0.15) is 6.21 Å². The van der Waals surface area contributed by atoms with Crippen molar-refractivity contribution in [2.75, 3.05) is 0 Å². The molecule has 1 atom stereocenters. The van der Waals surface area contributed by atoms with Gasteiger partial charge >= 0.3 is 0 Å². The maximum absolute atomic E-state index is 4.33. The number of nitrogens with zero attached hydrogens (tertiary/aromatic N) is 2. The molecule has 3 heterocycles. The standard InChI is InChI=1S/C9H7N2/c1-2-7-4-5-9-10-6-8(3-1)11(7)9/h1-6,9H/q+1. The van der Waals surface area contributed by atoms with Crippen molar-refractivity contribution in [1.29, 1.82) is 0 Å². The van der Waals surface area contributed by atoms with E-state index in [1.54, 1.807) is 0 Å². The van der Waals surface area contributed by atoms with Crippen molar-refractivity contribution in [1.82, 2.24) is 0 Å². The molecule has 0 bridgehead atoms. The van der Waals surface area contributed by atoms with Gasteiger partial charge in [-0.1, -0.05) is 0 Å². The average molecular weight is 143 g/mol. The van der Waals surface area contributed by atoms with E-state index in [2.05, 4.69) is 39.9 Å². The van der Waals surface area contributed by atoms with E-state index in [1.165, 1.54) is 11.4 Å². The highest BCUT2D eigenvalue weighted by Crippen LogP contribution is 2.18. The van der Waals surface area contributed by atoms with Crippen LogP contribution in [-0.2, 0) is 0 Å². The van der Waals surface area contributed by atoms with Gasteiger partial charge in [0.2, 0.25) is 11.4 Å². The van der Waals surface area contributed by atoms with Crippen LogP contribution in [0.5, 0.6) is 0 Å². The van der Waals surface area contributed by atoms with Gasteiger partial charge in [-0.05, 0) is 6.07 Å². The average Bonchev–Trinajstić information content (AvgIpc) is 2.60. The minimum absolute atomic E-state index is 0.251. The van der Waals surface area contributed by atoms with Gasteiger partial charge in [0, 0.05) is 24.3 Å². The lowest BCUT2D eigenvalue weighted by Crippen LogP contribution is -2.37. The largest absolute Gasteiger partial charge is 0.272 e. The van der Waals surface area contributed by atoms with Crippen LogP contribution in [0.4, 0.5) is 0 Å². The minimum Gasteiger partial charge on any atom is -0.214 e. The van der Waals surface area contributed by atoms with Crippen LogP contribution in [0.25, 0.3) is 6.08 Å². The Morgan fingerprint density at radius 2 is 2.18 bits per heavy atom. The fourth-order valence-corrected chi connectivity index (χ4v) is 1.64. The van der Waals surface area contributed by atoms with E-state index in [0.717, 1.165) is 0 Å². The summed E-state index contributed by atoms with van der Waals surface area (Å²) in [6.45, 7) is 0. The van der Waals surface area contributed by atoms with Crippen LogP contribution in [0.15, 0.2) is 29.3 Å². The fraction of sp³-hybridized carbons (Fsp3) is 0.111. The summed E-state index contributed by atoms with van der Waals surface area (Å²) in [6.07, 6.45) is 6.41. The molecule has 2 aliphatic rings. The number of rotatable bonds is 0. The molecule has 2 nitrogen and oxygen atoms in total. The van der Waals surface area contributed by atoms with Gasteiger partial charge in [-0.25, -0.2) is 4.99 Å². The highest BCUT2D eigenvalue weighted by atomic mass is 15.2. The van der Waals surface area contributed by atoms with Crippen molar-refractivity contribution in [3.63, 3.8) is 0 Å². The Labute approximate surface area is 64.5 Å². The van der Waals surface area contributed by atoms with Crippen LogP contribution < -0.4 is 4.57 Å². The van der Waals surface area contributed by atoms with Crippen molar-refractivity contribution in [2.24, 2.45) is 4.99 Å². The van der Waals surface area contributed by atoms with Crippen molar-refractivity contribution in [3.8, 4) is 0 Å². The van der Waals surface area contributed by atoms with Crippen LogP contribution >= 0.6 is 0 Å². The lowest BCUT2D eigenvalue weighted by molar-refractivity contribution is -0.703. The van der Waals surface area contributed by atoms with Crippen LogP contribution in [0, 0.1) is 0 Å². The van der Waals surface area contributed by atoms with E-state index in [1.807, 2.05) is 6.21 Å². The number of aliphatic imine (C=N–C) groups is 1. The van der Waals surface area contributed by atoms with Gasteiger partial charge in [-0.3, -0.25) is 0 Å². The molecule has 0 aliphatic carbocycles. The third-order valence-electron chi connectivity index (χ3n) is 2.15. The lowest BCUT2D eigenvalue weighted by atomic mass is 10.3. The third-order valence-corrected chi connectivity index (χ3v) is 2.15. The van der Waals surface area contributed by atoms with E-state index in [-0.39, 0.29) is 6.17 Å². The molecule has 0 spiro atoms. The first-order chi connectivity index (χ1) is 5.45. The molecule has 0 amide bonds. The van der Waals surface area contributed by atoms with Crippen molar-refractivity contribution >= 4 is 12.3 Å². The Morgan fingerprint density at radius 3 is 3.18 bits per heavy atom. The number of hydrogen-bond acceptors (Lipinski definition) is 1. The van der Waals surface area contributed by atoms with Gasteiger partial charge in [0.05, 0.1) is 0 Å². The number of aromatic nitrogens is 1. The maximum atomic E-state index is 4.33.